The van der Waals surface area contributed by atoms with E-state index in [9.17, 15) is 4.39 Å². The van der Waals surface area contributed by atoms with Crippen molar-refractivity contribution in [1.82, 2.24) is 4.98 Å². The van der Waals surface area contributed by atoms with E-state index in [0.717, 1.165) is 29.7 Å². The van der Waals surface area contributed by atoms with Crippen molar-refractivity contribution in [2.75, 3.05) is 5.73 Å². The van der Waals surface area contributed by atoms with E-state index in [-0.39, 0.29) is 5.82 Å². The average Bonchev–Trinajstić information content (AvgIpc) is 2.63. The topological polar surface area (TPSA) is 38.9 Å². The van der Waals surface area contributed by atoms with Crippen molar-refractivity contribution in [3.63, 3.8) is 0 Å². The maximum atomic E-state index is 13.0. The van der Waals surface area contributed by atoms with Crippen molar-refractivity contribution in [1.29, 1.82) is 0 Å². The van der Waals surface area contributed by atoms with Gasteiger partial charge < -0.3 is 5.73 Å². The molecule has 0 saturated carbocycles. The summed E-state index contributed by atoms with van der Waals surface area (Å²) < 4.78 is 13.0. The summed E-state index contributed by atoms with van der Waals surface area (Å²) in [6, 6.07) is 4.89. The lowest BCUT2D eigenvalue weighted by Crippen LogP contribution is -1.94. The second kappa shape index (κ2) is 4.84. The van der Waals surface area contributed by atoms with Gasteiger partial charge in [0.2, 0.25) is 0 Å². The monoisotopic (exact) mass is 250 g/mol. The fourth-order valence-corrected chi connectivity index (χ4v) is 2.79. The van der Waals surface area contributed by atoms with Crippen LogP contribution in [0.25, 0.3) is 0 Å². The number of hydrogen-bond acceptors (Lipinski definition) is 3. The standard InChI is InChI=1S/C13H15FN2S/c1-3-11-12(17-13(15)16-11)7-9-4-5-10(14)6-8(9)2/h4-6H,3,7H2,1-2H3,(H2,15,16). The highest BCUT2D eigenvalue weighted by Gasteiger charge is 2.10. The predicted molar refractivity (Wildman–Crippen MR) is 69.8 cm³/mol. The Kier molecular flexibility index (Phi) is 3.43. The zero-order valence-electron chi connectivity index (χ0n) is 9.96. The molecule has 0 atom stereocenters. The van der Waals surface area contributed by atoms with Crippen LogP contribution in [0, 0.1) is 12.7 Å². The van der Waals surface area contributed by atoms with Crippen molar-refractivity contribution < 1.29 is 4.39 Å². The van der Waals surface area contributed by atoms with Crippen LogP contribution in [0.2, 0.25) is 0 Å². The Labute approximate surface area is 104 Å². The quantitative estimate of drug-likeness (QED) is 0.907. The lowest BCUT2D eigenvalue weighted by Gasteiger charge is -2.05. The Balaban J connectivity index is 2.30. The summed E-state index contributed by atoms with van der Waals surface area (Å²) in [6.45, 7) is 3.99. The minimum atomic E-state index is -0.189. The maximum absolute atomic E-state index is 13.0. The van der Waals surface area contributed by atoms with Gasteiger partial charge in [-0.25, -0.2) is 9.37 Å². The molecule has 2 N–H and O–H groups in total. The normalized spacial score (nSPS) is 10.8. The van der Waals surface area contributed by atoms with Gasteiger partial charge in [-0.05, 0) is 36.6 Å². The number of nitrogens with two attached hydrogens (primary N) is 1. The van der Waals surface area contributed by atoms with Gasteiger partial charge in [-0.15, -0.1) is 11.3 Å². The molecular formula is C13H15FN2S. The molecule has 4 heteroatoms. The summed E-state index contributed by atoms with van der Waals surface area (Å²) in [7, 11) is 0. The first kappa shape index (κ1) is 12.0. The number of benzene rings is 1. The highest BCUT2D eigenvalue weighted by molar-refractivity contribution is 7.15. The van der Waals surface area contributed by atoms with Crippen molar-refractivity contribution in [3.8, 4) is 0 Å². The van der Waals surface area contributed by atoms with Gasteiger partial charge in [0.25, 0.3) is 0 Å². The summed E-state index contributed by atoms with van der Waals surface area (Å²) in [5.74, 6) is -0.189. The molecule has 0 radical (unpaired) electrons. The lowest BCUT2D eigenvalue weighted by molar-refractivity contribution is 0.626. The van der Waals surface area contributed by atoms with Crippen molar-refractivity contribution in [3.05, 3.63) is 45.7 Å². The third-order valence-corrected chi connectivity index (χ3v) is 3.71. The smallest absolute Gasteiger partial charge is 0.180 e. The zero-order chi connectivity index (χ0) is 12.4. The lowest BCUT2D eigenvalue weighted by atomic mass is 10.0. The third-order valence-electron chi connectivity index (χ3n) is 2.79. The first-order chi connectivity index (χ1) is 8.10. The van der Waals surface area contributed by atoms with Crippen LogP contribution in [0.4, 0.5) is 9.52 Å². The van der Waals surface area contributed by atoms with E-state index >= 15 is 0 Å². The number of rotatable bonds is 3. The molecule has 0 amide bonds. The molecule has 0 aliphatic heterocycles. The molecule has 2 nitrogen and oxygen atoms in total. The van der Waals surface area contributed by atoms with E-state index in [1.165, 1.54) is 22.3 Å². The van der Waals surface area contributed by atoms with Crippen LogP contribution >= 0.6 is 11.3 Å². The molecule has 90 valence electrons. The van der Waals surface area contributed by atoms with Gasteiger partial charge in [0.15, 0.2) is 5.13 Å². The largest absolute Gasteiger partial charge is 0.375 e. The van der Waals surface area contributed by atoms with Gasteiger partial charge >= 0.3 is 0 Å². The molecule has 2 aromatic rings. The molecule has 1 heterocycles. The molecule has 1 aromatic heterocycles. The van der Waals surface area contributed by atoms with Crippen molar-refractivity contribution in [2.24, 2.45) is 0 Å². The highest BCUT2D eigenvalue weighted by Crippen LogP contribution is 2.25. The van der Waals surface area contributed by atoms with Gasteiger partial charge in [0.1, 0.15) is 5.82 Å². The van der Waals surface area contributed by atoms with Crippen LogP contribution in [0.3, 0.4) is 0 Å². The molecule has 0 aliphatic rings. The van der Waals surface area contributed by atoms with Crippen molar-refractivity contribution >= 4 is 16.5 Å². The van der Waals surface area contributed by atoms with Crippen LogP contribution in [0.1, 0.15) is 28.6 Å². The predicted octanol–water partition coefficient (Wildman–Crippen LogP) is 3.33. The molecule has 0 bridgehead atoms. The molecule has 0 saturated heterocycles. The van der Waals surface area contributed by atoms with Gasteiger partial charge in [-0.3, -0.25) is 0 Å². The van der Waals surface area contributed by atoms with E-state index in [1.54, 1.807) is 6.07 Å². The van der Waals surface area contributed by atoms with Crippen LogP contribution in [0.15, 0.2) is 18.2 Å². The van der Waals surface area contributed by atoms with E-state index in [2.05, 4.69) is 11.9 Å². The molecule has 0 spiro atoms. The Bertz CT molecular complexity index is 534. The zero-order valence-corrected chi connectivity index (χ0v) is 10.8. The Morgan fingerprint density at radius 1 is 1.41 bits per heavy atom. The number of aryl methyl sites for hydroxylation is 2. The van der Waals surface area contributed by atoms with Gasteiger partial charge in [-0.2, -0.15) is 0 Å². The second-order valence-electron chi connectivity index (χ2n) is 4.02. The maximum Gasteiger partial charge on any atom is 0.180 e. The number of anilines is 1. The van der Waals surface area contributed by atoms with Crippen LogP contribution in [-0.2, 0) is 12.8 Å². The summed E-state index contributed by atoms with van der Waals surface area (Å²) >= 11 is 1.52. The van der Waals surface area contributed by atoms with Crippen molar-refractivity contribution in [2.45, 2.75) is 26.7 Å². The first-order valence-corrected chi connectivity index (χ1v) is 6.41. The SMILES string of the molecule is CCc1nc(N)sc1Cc1ccc(F)cc1C. The summed E-state index contributed by atoms with van der Waals surface area (Å²) in [6.07, 6.45) is 1.66. The molecule has 0 aliphatic carbocycles. The fraction of sp³-hybridized carbons (Fsp3) is 0.308. The molecule has 0 fully saturated rings. The molecule has 17 heavy (non-hydrogen) atoms. The number of hydrogen-bond donors (Lipinski definition) is 1. The van der Waals surface area contributed by atoms with Crippen LogP contribution in [-0.4, -0.2) is 4.98 Å². The second-order valence-corrected chi connectivity index (χ2v) is 5.14. The summed E-state index contributed by atoms with van der Waals surface area (Å²) in [5, 5.41) is 0.608. The molecule has 0 unspecified atom stereocenters. The fourth-order valence-electron chi connectivity index (χ4n) is 1.85. The van der Waals surface area contributed by atoms with Gasteiger partial charge in [0, 0.05) is 11.3 Å². The number of halogens is 1. The summed E-state index contributed by atoms with van der Waals surface area (Å²) in [4.78, 5) is 5.48. The number of thiazole rings is 1. The first-order valence-electron chi connectivity index (χ1n) is 5.59. The van der Waals surface area contributed by atoms with Crippen LogP contribution < -0.4 is 5.73 Å². The Morgan fingerprint density at radius 3 is 2.82 bits per heavy atom. The summed E-state index contributed by atoms with van der Waals surface area (Å²) in [5.41, 5.74) is 8.87. The molecule has 1 aromatic carbocycles. The van der Waals surface area contributed by atoms with Gasteiger partial charge in [0.05, 0.1) is 5.69 Å². The number of nitrogen functional groups attached to an aromatic ring is 1. The minimum Gasteiger partial charge on any atom is -0.375 e. The van der Waals surface area contributed by atoms with E-state index in [4.69, 9.17) is 5.73 Å². The Morgan fingerprint density at radius 2 is 2.18 bits per heavy atom. The number of aromatic nitrogens is 1. The Hall–Kier alpha value is -1.42. The highest BCUT2D eigenvalue weighted by atomic mass is 32.1. The third kappa shape index (κ3) is 2.64. The number of nitrogens with zero attached hydrogens (tertiary/aromatic N) is 1. The molecular weight excluding hydrogens is 235 g/mol. The van der Waals surface area contributed by atoms with Gasteiger partial charge in [-0.1, -0.05) is 13.0 Å². The van der Waals surface area contributed by atoms with E-state index < -0.39 is 0 Å². The average molecular weight is 250 g/mol. The molecule has 2 rings (SSSR count). The van der Waals surface area contributed by atoms with E-state index in [0.29, 0.717) is 5.13 Å². The van der Waals surface area contributed by atoms with Crippen LogP contribution in [0.5, 0.6) is 0 Å². The minimum absolute atomic E-state index is 0.189. The van der Waals surface area contributed by atoms with E-state index in [1.807, 2.05) is 13.0 Å².